The van der Waals surface area contributed by atoms with Crippen LogP contribution in [0.5, 0.6) is 0 Å². The largest absolute Gasteiger partial charge is 0.362 e. The number of aromatic nitrogens is 1. The molecule has 1 nitrogen and oxygen atoms in total. The fraction of sp³-hybridized carbons (Fsp3) is 0.500. The van der Waals surface area contributed by atoms with Gasteiger partial charge in [0.2, 0.25) is 0 Å². The first-order valence-electron chi connectivity index (χ1n) is 5.03. The van der Waals surface area contributed by atoms with E-state index in [1.54, 1.807) is 0 Å². The Balaban J connectivity index is 2.12. The Kier molecular flexibility index (Phi) is 2.40. The van der Waals surface area contributed by atoms with Crippen molar-refractivity contribution in [1.82, 2.24) is 4.98 Å². The van der Waals surface area contributed by atoms with Crippen molar-refractivity contribution in [3.8, 4) is 12.3 Å². The van der Waals surface area contributed by atoms with Crippen molar-refractivity contribution >= 4 is 0 Å². The molecular formula is C12H15N. The smallest absolute Gasteiger partial charge is 0.0181 e. The summed E-state index contributed by atoms with van der Waals surface area (Å²) in [5, 5.41) is 0. The number of hydrogen-bond acceptors (Lipinski definition) is 0. The van der Waals surface area contributed by atoms with Crippen molar-refractivity contribution in [3.05, 3.63) is 23.0 Å². The van der Waals surface area contributed by atoms with Gasteiger partial charge in [-0.05, 0) is 43.7 Å². The summed E-state index contributed by atoms with van der Waals surface area (Å²) in [6, 6.07) is 2.30. The molecule has 1 heteroatoms. The normalized spacial score (nSPS) is 15.0. The summed E-state index contributed by atoms with van der Waals surface area (Å²) >= 11 is 0. The zero-order chi connectivity index (χ0) is 9.10. The van der Waals surface area contributed by atoms with E-state index < -0.39 is 0 Å². The SMILES string of the molecule is C#CCCc1cc2c([nH]1)CCCC2. The molecule has 0 saturated carbocycles. The highest BCUT2D eigenvalue weighted by Gasteiger charge is 2.11. The molecule has 1 heterocycles. The van der Waals surface area contributed by atoms with Gasteiger partial charge in [0.1, 0.15) is 0 Å². The monoisotopic (exact) mass is 173 g/mol. The van der Waals surface area contributed by atoms with Gasteiger partial charge in [-0.2, -0.15) is 0 Å². The van der Waals surface area contributed by atoms with E-state index in [1.807, 2.05) is 0 Å². The Morgan fingerprint density at radius 2 is 2.23 bits per heavy atom. The van der Waals surface area contributed by atoms with Crippen LogP contribution in [0.3, 0.4) is 0 Å². The summed E-state index contributed by atoms with van der Waals surface area (Å²) in [5.41, 5.74) is 4.31. The third-order valence-corrected chi connectivity index (χ3v) is 2.71. The second-order valence-corrected chi connectivity index (χ2v) is 3.71. The molecule has 0 fully saturated rings. The Hall–Kier alpha value is -1.16. The molecule has 1 aromatic heterocycles. The summed E-state index contributed by atoms with van der Waals surface area (Å²) in [5.74, 6) is 2.68. The summed E-state index contributed by atoms with van der Waals surface area (Å²) < 4.78 is 0. The van der Waals surface area contributed by atoms with Crippen LogP contribution in [0, 0.1) is 12.3 Å². The van der Waals surface area contributed by atoms with Gasteiger partial charge in [0, 0.05) is 17.8 Å². The summed E-state index contributed by atoms with van der Waals surface area (Å²) in [6.07, 6.45) is 12.2. The molecule has 0 radical (unpaired) electrons. The molecule has 0 spiro atoms. The van der Waals surface area contributed by atoms with E-state index in [0.29, 0.717) is 0 Å². The summed E-state index contributed by atoms with van der Waals surface area (Å²) in [7, 11) is 0. The zero-order valence-corrected chi connectivity index (χ0v) is 7.90. The van der Waals surface area contributed by atoms with Crippen molar-refractivity contribution in [2.75, 3.05) is 0 Å². The van der Waals surface area contributed by atoms with Gasteiger partial charge in [-0.1, -0.05) is 0 Å². The van der Waals surface area contributed by atoms with Crippen molar-refractivity contribution in [3.63, 3.8) is 0 Å². The van der Waals surface area contributed by atoms with Crippen LogP contribution in [0.1, 0.15) is 36.2 Å². The van der Waals surface area contributed by atoms with Gasteiger partial charge in [-0.15, -0.1) is 12.3 Å². The molecule has 13 heavy (non-hydrogen) atoms. The molecule has 1 aliphatic rings. The molecule has 0 amide bonds. The number of rotatable bonds is 2. The van der Waals surface area contributed by atoms with Crippen LogP contribution in [0.2, 0.25) is 0 Å². The molecule has 1 N–H and O–H groups in total. The molecule has 1 aliphatic carbocycles. The van der Waals surface area contributed by atoms with Crippen molar-refractivity contribution in [2.24, 2.45) is 0 Å². The number of nitrogens with one attached hydrogen (secondary N) is 1. The highest BCUT2D eigenvalue weighted by atomic mass is 14.7. The van der Waals surface area contributed by atoms with Crippen LogP contribution in [0.15, 0.2) is 6.07 Å². The second kappa shape index (κ2) is 3.70. The molecule has 2 rings (SSSR count). The number of aryl methyl sites for hydroxylation is 3. The van der Waals surface area contributed by atoms with Crippen LogP contribution in [0.4, 0.5) is 0 Å². The van der Waals surface area contributed by atoms with Crippen LogP contribution in [-0.2, 0) is 19.3 Å². The molecule has 0 saturated heterocycles. The maximum absolute atomic E-state index is 5.23. The Bertz CT molecular complexity index is 304. The third-order valence-electron chi connectivity index (χ3n) is 2.71. The maximum atomic E-state index is 5.23. The van der Waals surface area contributed by atoms with E-state index in [-0.39, 0.29) is 0 Å². The molecule has 68 valence electrons. The first kappa shape index (κ1) is 8.44. The lowest BCUT2D eigenvalue weighted by Crippen LogP contribution is -1.99. The van der Waals surface area contributed by atoms with Gasteiger partial charge in [-0.3, -0.25) is 0 Å². The average Bonchev–Trinajstić information content (AvgIpc) is 2.57. The van der Waals surface area contributed by atoms with Gasteiger partial charge < -0.3 is 4.98 Å². The molecule has 0 aliphatic heterocycles. The summed E-state index contributed by atoms with van der Waals surface area (Å²) in [4.78, 5) is 3.47. The molecule has 0 bridgehead atoms. The fourth-order valence-corrected chi connectivity index (χ4v) is 2.01. The molecule has 1 aromatic rings. The number of aromatic amines is 1. The molecule has 0 atom stereocenters. The lowest BCUT2D eigenvalue weighted by Gasteiger charge is -2.09. The van der Waals surface area contributed by atoms with Crippen LogP contribution in [-0.4, -0.2) is 4.98 Å². The Morgan fingerprint density at radius 3 is 3.00 bits per heavy atom. The van der Waals surface area contributed by atoms with Gasteiger partial charge in [0.25, 0.3) is 0 Å². The van der Waals surface area contributed by atoms with Gasteiger partial charge in [-0.25, -0.2) is 0 Å². The highest BCUT2D eigenvalue weighted by Crippen LogP contribution is 2.21. The van der Waals surface area contributed by atoms with E-state index >= 15 is 0 Å². The molecular weight excluding hydrogens is 158 g/mol. The van der Waals surface area contributed by atoms with Gasteiger partial charge in [0.15, 0.2) is 0 Å². The first-order chi connectivity index (χ1) is 6.40. The summed E-state index contributed by atoms with van der Waals surface area (Å²) in [6.45, 7) is 0. The minimum Gasteiger partial charge on any atom is -0.362 e. The maximum Gasteiger partial charge on any atom is 0.0181 e. The van der Waals surface area contributed by atoms with E-state index in [1.165, 1.54) is 42.6 Å². The lowest BCUT2D eigenvalue weighted by molar-refractivity contribution is 0.676. The van der Waals surface area contributed by atoms with Crippen LogP contribution >= 0.6 is 0 Å². The predicted molar refractivity (Wildman–Crippen MR) is 54.6 cm³/mol. The standard InChI is InChI=1S/C12H15N/c1-2-3-7-11-9-10-6-4-5-8-12(10)13-11/h1,9,13H,3-8H2. The minimum absolute atomic E-state index is 0.847. The highest BCUT2D eigenvalue weighted by molar-refractivity contribution is 5.28. The predicted octanol–water partition coefficient (Wildman–Crippen LogP) is 2.46. The minimum atomic E-state index is 0.847. The average molecular weight is 173 g/mol. The number of fused-ring (bicyclic) bond motifs is 1. The number of H-pyrrole nitrogens is 1. The van der Waals surface area contributed by atoms with Gasteiger partial charge in [0.05, 0.1) is 0 Å². The lowest BCUT2D eigenvalue weighted by atomic mass is 9.98. The van der Waals surface area contributed by atoms with Crippen molar-refractivity contribution < 1.29 is 0 Å². The first-order valence-corrected chi connectivity index (χ1v) is 5.03. The van der Waals surface area contributed by atoms with Gasteiger partial charge >= 0.3 is 0 Å². The van der Waals surface area contributed by atoms with Crippen LogP contribution < -0.4 is 0 Å². The second-order valence-electron chi connectivity index (χ2n) is 3.71. The van der Waals surface area contributed by atoms with E-state index in [2.05, 4.69) is 17.0 Å². The molecule has 0 unspecified atom stereocenters. The van der Waals surface area contributed by atoms with E-state index in [4.69, 9.17) is 6.42 Å². The molecule has 0 aromatic carbocycles. The van der Waals surface area contributed by atoms with Crippen molar-refractivity contribution in [2.45, 2.75) is 38.5 Å². The van der Waals surface area contributed by atoms with Crippen molar-refractivity contribution in [1.29, 1.82) is 0 Å². The van der Waals surface area contributed by atoms with Crippen LogP contribution in [0.25, 0.3) is 0 Å². The Morgan fingerprint density at radius 1 is 1.38 bits per heavy atom. The number of hydrogen-bond donors (Lipinski definition) is 1. The topological polar surface area (TPSA) is 15.8 Å². The van der Waals surface area contributed by atoms with E-state index in [0.717, 1.165) is 12.8 Å². The fourth-order valence-electron chi connectivity index (χ4n) is 2.01. The van der Waals surface area contributed by atoms with E-state index in [9.17, 15) is 0 Å². The third kappa shape index (κ3) is 1.78. The zero-order valence-electron chi connectivity index (χ0n) is 7.90. The quantitative estimate of drug-likeness (QED) is 0.661. The number of terminal acetylenes is 1. The Labute approximate surface area is 79.6 Å².